The van der Waals surface area contributed by atoms with Gasteiger partial charge in [-0.15, -0.1) is 0 Å². The van der Waals surface area contributed by atoms with Crippen LogP contribution >= 0.6 is 12.2 Å². The van der Waals surface area contributed by atoms with Crippen LogP contribution in [-0.4, -0.2) is 58.0 Å². The Morgan fingerprint density at radius 3 is 2.57 bits per heavy atom. The maximum absolute atomic E-state index is 13.1. The summed E-state index contributed by atoms with van der Waals surface area (Å²) in [6.45, 7) is 2.60. The molecule has 0 saturated carbocycles. The van der Waals surface area contributed by atoms with E-state index in [0.717, 1.165) is 12.2 Å². The number of hydrogen-bond donors (Lipinski definition) is 0. The van der Waals surface area contributed by atoms with Gasteiger partial charge in [-0.3, -0.25) is 9.30 Å². The summed E-state index contributed by atoms with van der Waals surface area (Å²) in [6.07, 6.45) is 2.57. The molecule has 4 rings (SSSR count). The van der Waals surface area contributed by atoms with E-state index in [1.165, 1.54) is 28.6 Å². The van der Waals surface area contributed by atoms with E-state index in [9.17, 15) is 12.8 Å². The first kappa shape index (κ1) is 19.2. The van der Waals surface area contributed by atoms with Gasteiger partial charge in [0.25, 0.3) is 0 Å². The van der Waals surface area contributed by atoms with Gasteiger partial charge in [-0.2, -0.15) is 9.40 Å². The molecule has 10 heteroatoms. The summed E-state index contributed by atoms with van der Waals surface area (Å²) < 4.78 is 44.5. The predicted molar refractivity (Wildman–Crippen MR) is 105 cm³/mol. The number of benzene rings is 1. The third-order valence-corrected chi connectivity index (χ3v) is 7.14. The second-order valence-corrected chi connectivity index (χ2v) is 8.99. The minimum absolute atomic E-state index is 0.116. The maximum Gasteiger partial charge on any atom is 0.243 e. The summed E-state index contributed by atoms with van der Waals surface area (Å²) in [7, 11) is -3.63. The van der Waals surface area contributed by atoms with Crippen LogP contribution in [0.1, 0.15) is 6.42 Å². The maximum atomic E-state index is 13.1. The summed E-state index contributed by atoms with van der Waals surface area (Å²) in [5.41, 5.74) is 0.780. The summed E-state index contributed by atoms with van der Waals surface area (Å²) in [5.74, 6) is -0.454. The zero-order chi connectivity index (χ0) is 19.7. The molecule has 0 N–H and O–H groups in total. The van der Waals surface area contributed by atoms with Gasteiger partial charge in [-0.05, 0) is 55.0 Å². The third-order valence-electron chi connectivity index (χ3n) is 4.82. The van der Waals surface area contributed by atoms with Crippen molar-refractivity contribution in [1.29, 1.82) is 0 Å². The number of hydrogen-bond acceptors (Lipinski definition) is 5. The van der Waals surface area contributed by atoms with E-state index in [0.29, 0.717) is 37.5 Å². The monoisotopic (exact) mass is 421 g/mol. The Balaban J connectivity index is 1.48. The van der Waals surface area contributed by atoms with Crippen LogP contribution in [0.3, 0.4) is 0 Å². The minimum Gasteiger partial charge on any atom is -0.283 e. The summed E-state index contributed by atoms with van der Waals surface area (Å²) in [6, 6.07) is 10.7. The first-order chi connectivity index (χ1) is 13.4. The topological polar surface area (TPSA) is 62.9 Å². The van der Waals surface area contributed by atoms with Crippen LogP contribution in [0.5, 0.6) is 0 Å². The van der Waals surface area contributed by atoms with Crippen molar-refractivity contribution in [2.45, 2.75) is 18.0 Å². The van der Waals surface area contributed by atoms with Gasteiger partial charge in [-0.25, -0.2) is 17.5 Å². The smallest absolute Gasteiger partial charge is 0.243 e. The highest BCUT2D eigenvalue weighted by Gasteiger charge is 2.27. The van der Waals surface area contributed by atoms with Crippen LogP contribution in [0.2, 0.25) is 0 Å². The van der Waals surface area contributed by atoms with Gasteiger partial charge in [-0.1, -0.05) is 6.07 Å². The average Bonchev–Trinajstić information content (AvgIpc) is 2.84. The van der Waals surface area contributed by atoms with E-state index in [1.54, 1.807) is 4.68 Å². The molecule has 0 bridgehead atoms. The molecule has 2 aromatic heterocycles. The molecule has 1 fully saturated rings. The molecule has 3 aromatic rings. The van der Waals surface area contributed by atoms with Crippen molar-refractivity contribution in [2.24, 2.45) is 0 Å². The lowest BCUT2D eigenvalue weighted by Gasteiger charge is -2.21. The first-order valence-corrected chi connectivity index (χ1v) is 10.8. The Bertz CT molecular complexity index is 1140. The quantitative estimate of drug-likeness (QED) is 0.605. The molecular formula is C18H20FN5O2S2. The van der Waals surface area contributed by atoms with Gasteiger partial charge in [0.15, 0.2) is 5.65 Å². The molecular weight excluding hydrogens is 401 g/mol. The zero-order valence-electron chi connectivity index (χ0n) is 15.1. The van der Waals surface area contributed by atoms with E-state index >= 15 is 0 Å². The van der Waals surface area contributed by atoms with Crippen molar-refractivity contribution < 1.29 is 12.8 Å². The second kappa shape index (κ2) is 7.70. The number of nitrogens with zero attached hydrogens (tertiary/aromatic N) is 5. The third kappa shape index (κ3) is 3.72. The van der Waals surface area contributed by atoms with E-state index in [1.807, 2.05) is 28.8 Å². The van der Waals surface area contributed by atoms with Crippen molar-refractivity contribution in [3.05, 3.63) is 59.2 Å². The second-order valence-electron chi connectivity index (χ2n) is 6.68. The number of pyridine rings is 1. The van der Waals surface area contributed by atoms with Gasteiger partial charge in [0.05, 0.1) is 11.6 Å². The number of aromatic nitrogens is 3. The molecule has 0 radical (unpaired) electrons. The Kier molecular flexibility index (Phi) is 5.28. The van der Waals surface area contributed by atoms with E-state index < -0.39 is 15.8 Å². The molecule has 0 unspecified atom stereocenters. The van der Waals surface area contributed by atoms with E-state index in [-0.39, 0.29) is 4.90 Å². The molecule has 148 valence electrons. The number of sulfonamides is 1. The molecule has 1 aliphatic heterocycles. The van der Waals surface area contributed by atoms with Crippen LogP contribution in [0, 0.1) is 10.6 Å². The van der Waals surface area contributed by atoms with Crippen molar-refractivity contribution in [1.82, 2.24) is 23.4 Å². The normalized spacial score (nSPS) is 17.0. The van der Waals surface area contributed by atoms with Gasteiger partial charge < -0.3 is 0 Å². The van der Waals surface area contributed by atoms with Gasteiger partial charge >= 0.3 is 0 Å². The molecule has 1 saturated heterocycles. The highest BCUT2D eigenvalue weighted by molar-refractivity contribution is 7.89. The van der Waals surface area contributed by atoms with Crippen LogP contribution in [-0.2, 0) is 16.7 Å². The number of rotatable bonds is 4. The molecule has 0 aliphatic carbocycles. The lowest BCUT2D eigenvalue weighted by molar-refractivity contribution is 0.216. The van der Waals surface area contributed by atoms with Gasteiger partial charge in [0.1, 0.15) is 5.82 Å². The van der Waals surface area contributed by atoms with Crippen LogP contribution in [0.4, 0.5) is 4.39 Å². The number of fused-ring (bicyclic) bond motifs is 1. The number of halogens is 1. The highest BCUT2D eigenvalue weighted by atomic mass is 32.2. The minimum atomic E-state index is -3.63. The molecule has 0 amide bonds. The zero-order valence-corrected chi connectivity index (χ0v) is 16.7. The molecule has 0 spiro atoms. The lowest BCUT2D eigenvalue weighted by atomic mass is 10.4. The highest BCUT2D eigenvalue weighted by Crippen LogP contribution is 2.18. The molecule has 0 atom stereocenters. The first-order valence-electron chi connectivity index (χ1n) is 8.97. The van der Waals surface area contributed by atoms with Crippen LogP contribution < -0.4 is 0 Å². The molecule has 28 heavy (non-hydrogen) atoms. The average molecular weight is 422 g/mol. The fourth-order valence-corrected chi connectivity index (χ4v) is 5.06. The van der Waals surface area contributed by atoms with Crippen LogP contribution in [0.25, 0.3) is 5.65 Å². The van der Waals surface area contributed by atoms with Gasteiger partial charge in [0.2, 0.25) is 14.8 Å². The van der Waals surface area contributed by atoms with Crippen molar-refractivity contribution in [3.8, 4) is 0 Å². The predicted octanol–water partition coefficient (Wildman–Crippen LogP) is 2.36. The molecule has 1 aliphatic rings. The fraction of sp³-hybridized carbons (Fsp3) is 0.333. The molecule has 7 nitrogen and oxygen atoms in total. The Hall–Kier alpha value is -2.14. The Morgan fingerprint density at radius 1 is 1.04 bits per heavy atom. The fourth-order valence-electron chi connectivity index (χ4n) is 3.33. The molecule has 3 heterocycles. The van der Waals surface area contributed by atoms with E-state index in [4.69, 9.17) is 12.2 Å². The largest absolute Gasteiger partial charge is 0.283 e. The standard InChI is InChI=1S/C18H20FN5O2S2/c19-15-5-7-16(8-6-15)28(25,26)22-10-3-9-21(12-13-22)14-24-18(27)23-11-2-1-4-17(23)20-24/h1-2,4-8,11H,3,9-10,12-14H2. The van der Waals surface area contributed by atoms with Crippen molar-refractivity contribution >= 4 is 27.9 Å². The summed E-state index contributed by atoms with van der Waals surface area (Å²) >= 11 is 5.49. The van der Waals surface area contributed by atoms with Gasteiger partial charge in [0, 0.05) is 32.4 Å². The molecule has 1 aromatic carbocycles. The van der Waals surface area contributed by atoms with Crippen molar-refractivity contribution in [2.75, 3.05) is 26.2 Å². The Labute approximate surface area is 167 Å². The van der Waals surface area contributed by atoms with Crippen LogP contribution in [0.15, 0.2) is 53.6 Å². The lowest BCUT2D eigenvalue weighted by Crippen LogP contribution is -2.35. The summed E-state index contributed by atoms with van der Waals surface area (Å²) in [4.78, 5) is 2.26. The van der Waals surface area contributed by atoms with E-state index in [2.05, 4.69) is 10.00 Å². The Morgan fingerprint density at radius 2 is 1.82 bits per heavy atom. The SMILES string of the molecule is O=S(=O)(c1ccc(F)cc1)N1CCCN(Cn2nc3ccccn3c2=S)CC1. The summed E-state index contributed by atoms with van der Waals surface area (Å²) in [5, 5.41) is 4.53. The van der Waals surface area contributed by atoms with Crippen molar-refractivity contribution in [3.63, 3.8) is 0 Å².